The summed E-state index contributed by atoms with van der Waals surface area (Å²) < 4.78 is 0. The van der Waals surface area contributed by atoms with Crippen molar-refractivity contribution in [2.75, 3.05) is 6.54 Å². The molecular weight excluding hydrogens is 428 g/mol. The molecule has 1 aromatic carbocycles. The van der Waals surface area contributed by atoms with E-state index in [0.29, 0.717) is 24.4 Å². The first-order valence-corrected chi connectivity index (χ1v) is 11.2. The molecule has 0 saturated heterocycles. The molecule has 0 aromatic heterocycles. The number of primary amides is 1. The van der Waals surface area contributed by atoms with Gasteiger partial charge in [0.1, 0.15) is 17.4 Å². The van der Waals surface area contributed by atoms with Crippen molar-refractivity contribution < 1.29 is 34.8 Å². The molecule has 178 valence electrons. The second kappa shape index (κ2) is 8.23. The Balaban J connectivity index is 1.78. The SMILES string of the molecule is CC(C)CNCc1ccc(O)c2c1C[C@H]1C[C@H]3CC(O)C(C(N)=O)C(=O)[C@@]3(O)C(=O)C1=C2O. The van der Waals surface area contributed by atoms with Crippen LogP contribution < -0.4 is 11.1 Å². The Labute approximate surface area is 191 Å². The number of aromatic hydroxyl groups is 1. The number of hydrogen-bond donors (Lipinski definition) is 6. The van der Waals surface area contributed by atoms with Gasteiger partial charge in [-0.2, -0.15) is 0 Å². The minimum Gasteiger partial charge on any atom is -0.507 e. The average molecular weight is 459 g/mol. The number of Topliss-reactive ketones (excluding diaryl/α,β-unsaturated/α-hetero) is 2. The molecule has 1 aromatic rings. The van der Waals surface area contributed by atoms with E-state index in [9.17, 15) is 34.8 Å². The fourth-order valence-corrected chi connectivity index (χ4v) is 5.65. The molecule has 4 rings (SSSR count). The van der Waals surface area contributed by atoms with E-state index in [1.165, 1.54) is 6.07 Å². The van der Waals surface area contributed by atoms with Crippen LogP contribution in [0.2, 0.25) is 0 Å². The zero-order valence-corrected chi connectivity index (χ0v) is 18.7. The molecule has 3 aliphatic rings. The molecule has 2 saturated carbocycles. The summed E-state index contributed by atoms with van der Waals surface area (Å²) in [5.41, 5.74) is 4.26. The van der Waals surface area contributed by atoms with Crippen LogP contribution in [0, 0.1) is 23.7 Å². The van der Waals surface area contributed by atoms with Crippen molar-refractivity contribution in [3.63, 3.8) is 0 Å². The van der Waals surface area contributed by atoms with E-state index in [0.717, 1.165) is 12.1 Å². The lowest BCUT2D eigenvalue weighted by atomic mass is 9.56. The highest BCUT2D eigenvalue weighted by molar-refractivity contribution is 6.24. The van der Waals surface area contributed by atoms with Crippen LogP contribution in [0.4, 0.5) is 0 Å². The number of ketones is 2. The Hall–Kier alpha value is -2.75. The quantitative estimate of drug-likeness (QED) is 0.343. The molecule has 2 fully saturated rings. The summed E-state index contributed by atoms with van der Waals surface area (Å²) in [6.07, 6.45) is -1.04. The molecule has 2 unspecified atom stereocenters. The summed E-state index contributed by atoms with van der Waals surface area (Å²) >= 11 is 0. The van der Waals surface area contributed by atoms with E-state index < -0.39 is 52.7 Å². The summed E-state index contributed by atoms with van der Waals surface area (Å²) in [7, 11) is 0. The van der Waals surface area contributed by atoms with Crippen molar-refractivity contribution in [1.82, 2.24) is 5.32 Å². The molecule has 9 heteroatoms. The van der Waals surface area contributed by atoms with Crippen LogP contribution in [-0.2, 0) is 27.3 Å². The van der Waals surface area contributed by atoms with Gasteiger partial charge in [0.2, 0.25) is 11.7 Å². The number of phenolic OH excluding ortho intramolecular Hbond substituents is 1. The number of amides is 1. The standard InChI is InChI=1S/C24H30N2O7/c1-10(2)8-26-9-11-3-4-15(27)18-14(11)6-12-5-13-7-16(28)19(23(25)32)22(31)24(13,33)21(30)17(12)20(18)29/h3-4,10,12-13,16,19,26-29,33H,5-9H2,1-2H3,(H2,25,32)/t12-,13+,16?,19?,24+/m1/s1. The third-order valence-corrected chi connectivity index (χ3v) is 7.23. The molecule has 7 N–H and O–H groups in total. The van der Waals surface area contributed by atoms with Gasteiger partial charge in [0.25, 0.3) is 0 Å². The minimum atomic E-state index is -2.55. The number of hydrogen-bond acceptors (Lipinski definition) is 8. The number of fused-ring (bicyclic) bond motifs is 3. The molecule has 1 amide bonds. The first kappa shape index (κ1) is 23.4. The predicted octanol–water partition coefficient (Wildman–Crippen LogP) is 0.335. The number of nitrogens with one attached hydrogen (secondary N) is 1. The van der Waals surface area contributed by atoms with Crippen molar-refractivity contribution >= 4 is 23.2 Å². The summed E-state index contributed by atoms with van der Waals surface area (Å²) in [5.74, 6) is -6.58. The normalized spacial score (nSPS) is 31.3. The molecule has 0 heterocycles. The molecule has 0 spiro atoms. The lowest BCUT2D eigenvalue weighted by Crippen LogP contribution is -2.66. The van der Waals surface area contributed by atoms with Crippen molar-refractivity contribution in [2.24, 2.45) is 29.4 Å². The van der Waals surface area contributed by atoms with E-state index in [2.05, 4.69) is 19.2 Å². The van der Waals surface area contributed by atoms with Crippen molar-refractivity contribution in [2.45, 2.75) is 51.4 Å². The number of nitrogens with two attached hydrogens (primary N) is 1. The van der Waals surface area contributed by atoms with Crippen LogP contribution in [0.5, 0.6) is 5.75 Å². The summed E-state index contributed by atoms with van der Waals surface area (Å²) in [4.78, 5) is 38.2. The largest absolute Gasteiger partial charge is 0.507 e. The van der Waals surface area contributed by atoms with Gasteiger partial charge >= 0.3 is 0 Å². The zero-order valence-electron chi connectivity index (χ0n) is 18.7. The highest BCUT2D eigenvalue weighted by Gasteiger charge is 2.63. The Morgan fingerprint density at radius 3 is 2.58 bits per heavy atom. The van der Waals surface area contributed by atoms with Crippen molar-refractivity contribution in [1.29, 1.82) is 0 Å². The van der Waals surface area contributed by atoms with Crippen LogP contribution in [0.3, 0.4) is 0 Å². The van der Waals surface area contributed by atoms with Crippen molar-refractivity contribution in [3.05, 3.63) is 34.4 Å². The highest BCUT2D eigenvalue weighted by atomic mass is 16.3. The summed E-state index contributed by atoms with van der Waals surface area (Å²) in [5, 5.41) is 46.5. The van der Waals surface area contributed by atoms with Gasteiger partial charge in [0, 0.05) is 18.0 Å². The summed E-state index contributed by atoms with van der Waals surface area (Å²) in [6, 6.07) is 3.21. The monoisotopic (exact) mass is 458 g/mol. The maximum Gasteiger partial charge on any atom is 0.230 e. The van der Waals surface area contributed by atoms with Crippen LogP contribution >= 0.6 is 0 Å². The van der Waals surface area contributed by atoms with E-state index in [1.807, 2.05) is 0 Å². The molecule has 9 nitrogen and oxygen atoms in total. The van der Waals surface area contributed by atoms with Crippen LogP contribution in [-0.4, -0.2) is 56.1 Å². The van der Waals surface area contributed by atoms with E-state index in [4.69, 9.17) is 5.73 Å². The van der Waals surface area contributed by atoms with E-state index >= 15 is 0 Å². The number of carbonyl (C=O) groups excluding carboxylic acids is 3. The van der Waals surface area contributed by atoms with Crippen LogP contribution in [0.25, 0.3) is 5.76 Å². The molecule has 5 atom stereocenters. The predicted molar refractivity (Wildman–Crippen MR) is 118 cm³/mol. The maximum absolute atomic E-state index is 13.4. The number of aliphatic hydroxyl groups excluding tert-OH is 2. The van der Waals surface area contributed by atoms with Gasteiger partial charge in [-0.15, -0.1) is 0 Å². The molecule has 33 heavy (non-hydrogen) atoms. The van der Waals surface area contributed by atoms with E-state index in [1.54, 1.807) is 6.07 Å². The highest BCUT2D eigenvalue weighted by Crippen LogP contribution is 2.51. The Bertz CT molecular complexity index is 1060. The number of aliphatic hydroxyl groups is 3. The van der Waals surface area contributed by atoms with E-state index in [-0.39, 0.29) is 29.7 Å². The Kier molecular flexibility index (Phi) is 5.84. The van der Waals surface area contributed by atoms with Gasteiger partial charge in [-0.3, -0.25) is 14.4 Å². The number of phenols is 1. The smallest absolute Gasteiger partial charge is 0.230 e. The average Bonchev–Trinajstić information content (AvgIpc) is 2.71. The van der Waals surface area contributed by atoms with Gasteiger partial charge in [0.05, 0.1) is 11.7 Å². The Morgan fingerprint density at radius 2 is 1.94 bits per heavy atom. The van der Waals surface area contributed by atoms with Gasteiger partial charge in [-0.05, 0) is 54.8 Å². The van der Waals surface area contributed by atoms with Gasteiger partial charge in [0.15, 0.2) is 11.4 Å². The first-order valence-electron chi connectivity index (χ1n) is 11.2. The zero-order chi connectivity index (χ0) is 24.2. The number of benzene rings is 1. The lowest BCUT2D eigenvalue weighted by molar-refractivity contribution is -0.174. The minimum absolute atomic E-state index is 0.121. The molecule has 0 radical (unpaired) electrons. The fraction of sp³-hybridized carbons (Fsp3) is 0.542. The molecular formula is C24H30N2O7. The first-order chi connectivity index (χ1) is 15.5. The fourth-order valence-electron chi connectivity index (χ4n) is 5.65. The second-order valence-corrected chi connectivity index (χ2v) is 9.86. The maximum atomic E-state index is 13.4. The van der Waals surface area contributed by atoms with Crippen molar-refractivity contribution in [3.8, 4) is 5.75 Å². The number of carbonyl (C=O) groups is 3. The third-order valence-electron chi connectivity index (χ3n) is 7.23. The summed E-state index contributed by atoms with van der Waals surface area (Å²) in [6.45, 7) is 5.45. The van der Waals surface area contributed by atoms with Crippen LogP contribution in [0.15, 0.2) is 17.7 Å². The van der Waals surface area contributed by atoms with Crippen LogP contribution in [0.1, 0.15) is 43.4 Å². The topological polar surface area (TPSA) is 170 Å². The van der Waals surface area contributed by atoms with Gasteiger partial charge < -0.3 is 31.5 Å². The van der Waals surface area contributed by atoms with Gasteiger partial charge in [-0.25, -0.2) is 0 Å². The third kappa shape index (κ3) is 3.55. The molecule has 0 aliphatic heterocycles. The second-order valence-electron chi connectivity index (χ2n) is 9.86. The molecule has 3 aliphatic carbocycles. The number of rotatable bonds is 5. The lowest BCUT2D eigenvalue weighted by Gasteiger charge is -2.48. The Morgan fingerprint density at radius 1 is 1.24 bits per heavy atom. The van der Waals surface area contributed by atoms with Gasteiger partial charge in [-0.1, -0.05) is 19.9 Å². The molecule has 0 bridgehead atoms.